The van der Waals surface area contributed by atoms with E-state index in [1.165, 1.54) is 0 Å². The molecular formula is C14H16N2O4. The zero-order valence-corrected chi connectivity index (χ0v) is 11.8. The minimum Gasteiger partial charge on any atom is -0.497 e. The molecule has 6 nitrogen and oxygen atoms in total. The molecule has 2 aromatic rings. The van der Waals surface area contributed by atoms with Crippen LogP contribution in [0, 0.1) is 13.8 Å². The second-order valence-corrected chi connectivity index (χ2v) is 4.30. The first-order chi connectivity index (χ1) is 9.49. The zero-order valence-electron chi connectivity index (χ0n) is 11.8. The summed E-state index contributed by atoms with van der Waals surface area (Å²) in [6.07, 6.45) is 0. The maximum atomic E-state index is 11.3. The Kier molecular flexibility index (Phi) is 3.65. The molecule has 0 fully saturated rings. The lowest BCUT2D eigenvalue weighted by Crippen LogP contribution is -2.04. The third-order valence-corrected chi connectivity index (χ3v) is 3.12. The van der Waals surface area contributed by atoms with Crippen LogP contribution in [0.4, 0.5) is 0 Å². The minimum atomic E-state index is -0.992. The van der Waals surface area contributed by atoms with Gasteiger partial charge in [-0.15, -0.1) is 0 Å². The monoisotopic (exact) mass is 276 g/mol. The van der Waals surface area contributed by atoms with Crippen molar-refractivity contribution in [3.05, 3.63) is 35.2 Å². The number of methoxy groups -OCH3 is 2. The van der Waals surface area contributed by atoms with E-state index in [1.807, 2.05) is 0 Å². The Hall–Kier alpha value is -2.50. The Morgan fingerprint density at radius 1 is 1.25 bits per heavy atom. The van der Waals surface area contributed by atoms with Crippen LogP contribution in [-0.4, -0.2) is 35.1 Å². The van der Waals surface area contributed by atoms with Crippen LogP contribution in [0.15, 0.2) is 18.2 Å². The smallest absolute Gasteiger partial charge is 0.339 e. The van der Waals surface area contributed by atoms with E-state index in [1.54, 1.807) is 50.9 Å². The third-order valence-electron chi connectivity index (χ3n) is 3.12. The van der Waals surface area contributed by atoms with Gasteiger partial charge in [0, 0.05) is 6.07 Å². The van der Waals surface area contributed by atoms with Crippen molar-refractivity contribution >= 4 is 5.97 Å². The number of hydrogen-bond acceptors (Lipinski definition) is 4. The van der Waals surface area contributed by atoms with Gasteiger partial charge in [-0.1, -0.05) is 0 Å². The van der Waals surface area contributed by atoms with Gasteiger partial charge in [0.2, 0.25) is 0 Å². The molecule has 0 bridgehead atoms. The summed E-state index contributed by atoms with van der Waals surface area (Å²) in [5, 5.41) is 13.5. The van der Waals surface area contributed by atoms with Gasteiger partial charge < -0.3 is 14.6 Å². The van der Waals surface area contributed by atoms with Crippen LogP contribution in [0.25, 0.3) is 5.69 Å². The first-order valence-electron chi connectivity index (χ1n) is 6.01. The van der Waals surface area contributed by atoms with E-state index < -0.39 is 5.97 Å². The molecule has 0 spiro atoms. The number of hydrogen-bond donors (Lipinski definition) is 1. The second-order valence-electron chi connectivity index (χ2n) is 4.30. The van der Waals surface area contributed by atoms with Gasteiger partial charge >= 0.3 is 5.97 Å². The summed E-state index contributed by atoms with van der Waals surface area (Å²) >= 11 is 0. The van der Waals surface area contributed by atoms with Gasteiger partial charge in [-0.05, 0) is 26.0 Å². The van der Waals surface area contributed by atoms with Crippen LogP contribution in [0.1, 0.15) is 21.7 Å². The van der Waals surface area contributed by atoms with Crippen molar-refractivity contribution in [3.8, 4) is 17.2 Å². The van der Waals surface area contributed by atoms with Gasteiger partial charge in [0.05, 0.1) is 25.6 Å². The van der Waals surface area contributed by atoms with E-state index in [0.29, 0.717) is 28.6 Å². The quantitative estimate of drug-likeness (QED) is 0.926. The van der Waals surface area contributed by atoms with E-state index in [4.69, 9.17) is 9.47 Å². The summed E-state index contributed by atoms with van der Waals surface area (Å²) in [6.45, 7) is 3.38. The van der Waals surface area contributed by atoms with Crippen LogP contribution in [0.3, 0.4) is 0 Å². The number of carboxylic acid groups (broad SMARTS) is 1. The molecule has 0 aliphatic rings. The number of nitrogens with zero attached hydrogens (tertiary/aromatic N) is 2. The van der Waals surface area contributed by atoms with E-state index in [0.717, 1.165) is 0 Å². The van der Waals surface area contributed by atoms with Crippen LogP contribution in [-0.2, 0) is 0 Å². The molecule has 0 atom stereocenters. The maximum Gasteiger partial charge on any atom is 0.339 e. The fraction of sp³-hybridized carbons (Fsp3) is 0.286. The molecule has 0 radical (unpaired) electrons. The molecule has 20 heavy (non-hydrogen) atoms. The van der Waals surface area contributed by atoms with Crippen LogP contribution >= 0.6 is 0 Å². The molecular weight excluding hydrogens is 260 g/mol. The second kappa shape index (κ2) is 5.24. The molecule has 0 saturated carbocycles. The molecule has 0 aliphatic carbocycles. The van der Waals surface area contributed by atoms with Gasteiger partial charge in [0.25, 0.3) is 0 Å². The number of aromatic carboxylic acids is 1. The highest BCUT2D eigenvalue weighted by molar-refractivity contribution is 5.90. The molecule has 106 valence electrons. The number of aryl methyl sites for hydroxylation is 1. The van der Waals surface area contributed by atoms with Gasteiger partial charge in [0.15, 0.2) is 0 Å². The molecule has 0 unspecified atom stereocenters. The van der Waals surface area contributed by atoms with Crippen molar-refractivity contribution < 1.29 is 19.4 Å². The minimum absolute atomic E-state index is 0.204. The van der Waals surface area contributed by atoms with E-state index >= 15 is 0 Å². The zero-order chi connectivity index (χ0) is 14.9. The highest BCUT2D eigenvalue weighted by Gasteiger charge is 2.20. The summed E-state index contributed by atoms with van der Waals surface area (Å²) in [4.78, 5) is 11.3. The van der Waals surface area contributed by atoms with Gasteiger partial charge in [-0.3, -0.25) is 0 Å². The molecule has 2 rings (SSSR count). The summed E-state index contributed by atoms with van der Waals surface area (Å²) in [6, 6.07) is 5.28. The Morgan fingerprint density at radius 2 is 1.95 bits per heavy atom. The Balaban J connectivity index is 2.68. The molecule has 0 aliphatic heterocycles. The molecule has 1 heterocycles. The van der Waals surface area contributed by atoms with E-state index in [-0.39, 0.29) is 5.56 Å². The topological polar surface area (TPSA) is 73.6 Å². The molecule has 1 aromatic carbocycles. The Morgan fingerprint density at radius 3 is 2.45 bits per heavy atom. The lowest BCUT2D eigenvalue weighted by Gasteiger charge is -2.11. The van der Waals surface area contributed by atoms with E-state index in [2.05, 4.69) is 5.10 Å². The number of rotatable bonds is 4. The van der Waals surface area contributed by atoms with Crippen LogP contribution in [0.5, 0.6) is 11.5 Å². The predicted molar refractivity (Wildman–Crippen MR) is 73.1 cm³/mol. The average Bonchev–Trinajstić information content (AvgIpc) is 2.73. The summed E-state index contributed by atoms with van der Waals surface area (Å²) in [5.41, 5.74) is 1.84. The number of carboxylic acids is 1. The average molecular weight is 276 g/mol. The highest BCUT2D eigenvalue weighted by atomic mass is 16.5. The summed E-state index contributed by atoms with van der Waals surface area (Å²) in [5.74, 6) is 0.242. The number of carbonyl (C=O) groups is 1. The molecule has 0 saturated heterocycles. The highest BCUT2D eigenvalue weighted by Crippen LogP contribution is 2.29. The summed E-state index contributed by atoms with van der Waals surface area (Å²) in [7, 11) is 3.12. The number of benzene rings is 1. The third kappa shape index (κ3) is 2.20. The van der Waals surface area contributed by atoms with Gasteiger partial charge in [-0.25, -0.2) is 9.48 Å². The van der Waals surface area contributed by atoms with Crippen molar-refractivity contribution in [1.29, 1.82) is 0 Å². The van der Waals surface area contributed by atoms with Crippen LogP contribution < -0.4 is 9.47 Å². The normalized spacial score (nSPS) is 10.4. The van der Waals surface area contributed by atoms with Crippen molar-refractivity contribution in [2.75, 3.05) is 14.2 Å². The fourth-order valence-corrected chi connectivity index (χ4v) is 2.15. The lowest BCUT2D eigenvalue weighted by atomic mass is 10.2. The van der Waals surface area contributed by atoms with E-state index in [9.17, 15) is 9.90 Å². The standard InChI is InChI=1S/C14H16N2O4/c1-8-13(14(17)18)9(2)16(15-8)11-7-10(19-3)5-6-12(11)20-4/h5-7H,1-4H3,(H,17,18). The molecule has 6 heteroatoms. The SMILES string of the molecule is COc1ccc(OC)c(-n2nc(C)c(C(=O)O)c2C)c1. The van der Waals surface area contributed by atoms with Crippen molar-refractivity contribution in [2.24, 2.45) is 0 Å². The molecule has 1 N–H and O–H groups in total. The maximum absolute atomic E-state index is 11.3. The predicted octanol–water partition coefficient (Wildman–Crippen LogP) is 2.20. The lowest BCUT2D eigenvalue weighted by molar-refractivity contribution is 0.0695. The Bertz CT molecular complexity index is 661. The first-order valence-corrected chi connectivity index (χ1v) is 6.01. The first kappa shape index (κ1) is 13.9. The Labute approximate surface area is 116 Å². The fourth-order valence-electron chi connectivity index (χ4n) is 2.15. The number of ether oxygens (including phenoxy) is 2. The molecule has 0 amide bonds. The van der Waals surface area contributed by atoms with Crippen molar-refractivity contribution in [1.82, 2.24) is 9.78 Å². The summed E-state index contributed by atoms with van der Waals surface area (Å²) < 4.78 is 12.0. The largest absolute Gasteiger partial charge is 0.497 e. The van der Waals surface area contributed by atoms with Crippen molar-refractivity contribution in [3.63, 3.8) is 0 Å². The van der Waals surface area contributed by atoms with Gasteiger partial charge in [0.1, 0.15) is 22.7 Å². The van der Waals surface area contributed by atoms with Crippen molar-refractivity contribution in [2.45, 2.75) is 13.8 Å². The molecule has 1 aromatic heterocycles. The van der Waals surface area contributed by atoms with Crippen LogP contribution in [0.2, 0.25) is 0 Å². The van der Waals surface area contributed by atoms with Gasteiger partial charge in [-0.2, -0.15) is 5.10 Å². The number of aromatic nitrogens is 2.